The van der Waals surface area contributed by atoms with Gasteiger partial charge in [0, 0.05) is 13.7 Å². The van der Waals surface area contributed by atoms with Gasteiger partial charge in [-0.15, -0.1) is 0 Å². The zero-order chi connectivity index (χ0) is 17.3. The second-order valence-electron chi connectivity index (χ2n) is 6.04. The predicted molar refractivity (Wildman–Crippen MR) is 85.9 cm³/mol. The van der Waals surface area contributed by atoms with E-state index in [1.807, 2.05) is 30.3 Å². The molecule has 0 aliphatic carbocycles. The molecule has 0 atom stereocenters. The number of amides is 1. The Morgan fingerprint density at radius 3 is 2.35 bits per heavy atom. The molecule has 1 aromatic rings. The van der Waals surface area contributed by atoms with E-state index >= 15 is 0 Å². The first-order valence-corrected chi connectivity index (χ1v) is 7.48. The quantitative estimate of drug-likeness (QED) is 0.722. The van der Waals surface area contributed by atoms with Crippen molar-refractivity contribution in [2.45, 2.75) is 33.0 Å². The molecule has 1 rings (SSSR count). The fourth-order valence-electron chi connectivity index (χ4n) is 1.78. The van der Waals surface area contributed by atoms with Gasteiger partial charge in [0.2, 0.25) is 0 Å². The molecule has 23 heavy (non-hydrogen) atoms. The third-order valence-electron chi connectivity index (χ3n) is 2.77. The summed E-state index contributed by atoms with van der Waals surface area (Å²) in [6.07, 6.45) is -0.572. The van der Waals surface area contributed by atoms with Crippen LogP contribution in [0.5, 0.6) is 0 Å². The van der Waals surface area contributed by atoms with Crippen molar-refractivity contribution in [2.24, 2.45) is 0 Å². The van der Waals surface area contributed by atoms with Gasteiger partial charge < -0.3 is 14.2 Å². The van der Waals surface area contributed by atoms with E-state index in [0.717, 1.165) is 5.56 Å². The number of rotatable bonds is 7. The first-order valence-electron chi connectivity index (χ1n) is 7.48. The van der Waals surface area contributed by atoms with Crippen molar-refractivity contribution in [2.75, 3.05) is 26.8 Å². The molecule has 0 fully saturated rings. The van der Waals surface area contributed by atoms with Gasteiger partial charge in [-0.25, -0.2) is 4.79 Å². The van der Waals surface area contributed by atoms with Gasteiger partial charge >= 0.3 is 12.1 Å². The summed E-state index contributed by atoms with van der Waals surface area (Å²) >= 11 is 0. The van der Waals surface area contributed by atoms with Crippen LogP contribution in [-0.4, -0.2) is 49.4 Å². The third kappa shape index (κ3) is 8.21. The van der Waals surface area contributed by atoms with E-state index in [9.17, 15) is 9.59 Å². The fourth-order valence-corrected chi connectivity index (χ4v) is 1.78. The van der Waals surface area contributed by atoms with Crippen LogP contribution in [0.4, 0.5) is 4.79 Å². The number of hydrogen-bond donors (Lipinski definition) is 0. The van der Waals surface area contributed by atoms with Crippen LogP contribution in [-0.2, 0) is 25.6 Å². The van der Waals surface area contributed by atoms with Gasteiger partial charge in [-0.3, -0.25) is 9.69 Å². The van der Waals surface area contributed by atoms with Gasteiger partial charge in [-0.2, -0.15) is 0 Å². The van der Waals surface area contributed by atoms with Gasteiger partial charge in [-0.1, -0.05) is 30.3 Å². The molecule has 0 aliphatic rings. The minimum atomic E-state index is -0.599. The van der Waals surface area contributed by atoms with E-state index in [1.165, 1.54) is 12.0 Å². The molecule has 0 aromatic heterocycles. The zero-order valence-electron chi connectivity index (χ0n) is 14.2. The molecule has 128 valence electrons. The van der Waals surface area contributed by atoms with Crippen LogP contribution >= 0.6 is 0 Å². The van der Waals surface area contributed by atoms with E-state index in [4.69, 9.17) is 14.2 Å². The van der Waals surface area contributed by atoms with Crippen molar-refractivity contribution < 1.29 is 23.8 Å². The van der Waals surface area contributed by atoms with Crippen molar-refractivity contribution in [1.29, 1.82) is 0 Å². The van der Waals surface area contributed by atoms with Gasteiger partial charge in [0.05, 0.1) is 6.61 Å². The standard InChI is InChI=1S/C17H25NO5/c1-17(2,3)23-15(19)12-18(10-11-21-4)16(20)22-13-14-8-6-5-7-9-14/h5-9H,10-13H2,1-4H3. The first-order chi connectivity index (χ1) is 10.8. The third-order valence-corrected chi connectivity index (χ3v) is 2.77. The Hall–Kier alpha value is -2.08. The number of methoxy groups -OCH3 is 1. The Bertz CT molecular complexity index is 495. The summed E-state index contributed by atoms with van der Waals surface area (Å²) in [5.41, 5.74) is 0.280. The topological polar surface area (TPSA) is 65.1 Å². The molecule has 0 aliphatic heterocycles. The van der Waals surface area contributed by atoms with Gasteiger partial charge in [0.1, 0.15) is 18.8 Å². The molecule has 6 nitrogen and oxygen atoms in total. The Kier molecular flexibility index (Phi) is 7.54. The average molecular weight is 323 g/mol. The number of benzene rings is 1. The summed E-state index contributed by atoms with van der Waals surface area (Å²) in [4.78, 5) is 25.3. The lowest BCUT2D eigenvalue weighted by Crippen LogP contribution is -2.40. The highest BCUT2D eigenvalue weighted by atomic mass is 16.6. The molecule has 0 radical (unpaired) electrons. The van der Waals surface area contributed by atoms with Crippen LogP contribution in [0, 0.1) is 0 Å². The maximum absolute atomic E-state index is 12.2. The van der Waals surface area contributed by atoms with Crippen molar-refractivity contribution >= 4 is 12.1 Å². The molecular formula is C17H25NO5. The molecule has 6 heteroatoms. The van der Waals surface area contributed by atoms with Crippen LogP contribution in [0.15, 0.2) is 30.3 Å². The summed E-state index contributed by atoms with van der Waals surface area (Å²) in [6.45, 7) is 5.87. The first kappa shape index (κ1) is 19.0. The minimum Gasteiger partial charge on any atom is -0.459 e. The van der Waals surface area contributed by atoms with Gasteiger partial charge in [0.15, 0.2) is 0 Å². The predicted octanol–water partition coefficient (Wildman–Crippen LogP) is 2.61. The summed E-state index contributed by atoms with van der Waals surface area (Å²) in [7, 11) is 1.53. The Morgan fingerprint density at radius 2 is 1.78 bits per heavy atom. The van der Waals surface area contributed by atoms with Crippen molar-refractivity contribution in [3.63, 3.8) is 0 Å². The Balaban J connectivity index is 2.57. The van der Waals surface area contributed by atoms with E-state index in [2.05, 4.69) is 0 Å². The summed E-state index contributed by atoms with van der Waals surface area (Å²) in [5.74, 6) is -0.481. The Morgan fingerprint density at radius 1 is 1.13 bits per heavy atom. The van der Waals surface area contributed by atoms with Gasteiger partial charge in [-0.05, 0) is 26.3 Å². The van der Waals surface area contributed by atoms with E-state index in [1.54, 1.807) is 20.8 Å². The molecule has 0 unspecified atom stereocenters. The van der Waals surface area contributed by atoms with E-state index in [0.29, 0.717) is 6.61 Å². The SMILES string of the molecule is COCCN(CC(=O)OC(C)(C)C)C(=O)OCc1ccccc1. The molecule has 0 N–H and O–H groups in total. The van der Waals surface area contributed by atoms with Crippen LogP contribution in [0.1, 0.15) is 26.3 Å². The molecule has 0 bridgehead atoms. The van der Waals surface area contributed by atoms with Crippen LogP contribution in [0.3, 0.4) is 0 Å². The van der Waals surface area contributed by atoms with Crippen LogP contribution in [0.2, 0.25) is 0 Å². The van der Waals surface area contributed by atoms with Crippen molar-refractivity contribution in [3.05, 3.63) is 35.9 Å². The zero-order valence-corrected chi connectivity index (χ0v) is 14.2. The molecule has 0 spiro atoms. The van der Waals surface area contributed by atoms with Crippen molar-refractivity contribution in [1.82, 2.24) is 4.90 Å². The lowest BCUT2D eigenvalue weighted by atomic mass is 10.2. The minimum absolute atomic E-state index is 0.150. The number of nitrogens with zero attached hydrogens (tertiary/aromatic N) is 1. The molecular weight excluding hydrogens is 298 g/mol. The molecule has 1 aromatic carbocycles. The summed E-state index contributed by atoms with van der Waals surface area (Å²) < 4.78 is 15.4. The van der Waals surface area contributed by atoms with Crippen LogP contribution < -0.4 is 0 Å². The highest BCUT2D eigenvalue weighted by Crippen LogP contribution is 2.09. The molecule has 0 saturated carbocycles. The number of ether oxygens (including phenoxy) is 3. The monoisotopic (exact) mass is 323 g/mol. The molecule has 0 saturated heterocycles. The maximum atomic E-state index is 12.2. The average Bonchev–Trinajstić information content (AvgIpc) is 2.48. The second-order valence-corrected chi connectivity index (χ2v) is 6.04. The maximum Gasteiger partial charge on any atom is 0.410 e. The molecule has 1 amide bonds. The summed E-state index contributed by atoms with van der Waals surface area (Å²) in [6, 6.07) is 9.35. The Labute approximate surface area is 137 Å². The number of carbonyl (C=O) groups is 2. The second kappa shape index (κ2) is 9.15. The number of hydrogen-bond acceptors (Lipinski definition) is 5. The van der Waals surface area contributed by atoms with Gasteiger partial charge in [0.25, 0.3) is 0 Å². The van der Waals surface area contributed by atoms with Crippen LogP contribution in [0.25, 0.3) is 0 Å². The smallest absolute Gasteiger partial charge is 0.410 e. The van der Waals surface area contributed by atoms with E-state index in [-0.39, 0.29) is 19.7 Å². The fraction of sp³-hybridized carbons (Fsp3) is 0.529. The van der Waals surface area contributed by atoms with E-state index < -0.39 is 17.7 Å². The highest BCUT2D eigenvalue weighted by Gasteiger charge is 2.23. The van der Waals surface area contributed by atoms with Crippen molar-refractivity contribution in [3.8, 4) is 0 Å². The highest BCUT2D eigenvalue weighted by molar-refractivity contribution is 5.78. The lowest BCUT2D eigenvalue weighted by Gasteiger charge is -2.24. The summed E-state index contributed by atoms with van der Waals surface area (Å²) in [5, 5.41) is 0. The molecule has 0 heterocycles. The number of esters is 1. The largest absolute Gasteiger partial charge is 0.459 e. The normalized spacial score (nSPS) is 11.0. The number of carbonyl (C=O) groups excluding carboxylic acids is 2. The lowest BCUT2D eigenvalue weighted by molar-refractivity contribution is -0.155.